The van der Waals surface area contributed by atoms with E-state index in [1.807, 2.05) is 0 Å². The van der Waals surface area contributed by atoms with Crippen LogP contribution < -0.4 is 19.8 Å². The van der Waals surface area contributed by atoms with Crippen LogP contribution in [0, 0.1) is 11.8 Å². The molecule has 0 radical (unpaired) electrons. The Labute approximate surface area is 307 Å². The molecule has 0 saturated heterocycles. The first kappa shape index (κ1) is 42.0. The zero-order valence-electron chi connectivity index (χ0n) is 30.8. The van der Waals surface area contributed by atoms with E-state index in [0.717, 1.165) is 24.9 Å². The van der Waals surface area contributed by atoms with E-state index in [1.54, 1.807) is 0 Å². The van der Waals surface area contributed by atoms with Crippen molar-refractivity contribution in [2.75, 3.05) is 23.7 Å². The van der Waals surface area contributed by atoms with Crippen molar-refractivity contribution < 1.29 is 9.13 Å². The number of rotatable bonds is 30. The molecular formula is C41H72Br2N4+2. The zero-order valence-corrected chi connectivity index (χ0v) is 34.0. The molecule has 2 aromatic rings. The predicted molar refractivity (Wildman–Crippen MR) is 213 cm³/mol. The maximum Gasteiger partial charge on any atom is 0.211 e. The molecule has 268 valence electrons. The molecule has 0 aromatic carbocycles. The highest BCUT2D eigenvalue weighted by Crippen LogP contribution is 2.21. The molecule has 0 aliphatic carbocycles. The molecule has 6 heteroatoms. The molecule has 0 saturated carbocycles. The molecule has 47 heavy (non-hydrogen) atoms. The number of nitrogens with one attached hydrogen (secondary N) is 2. The Hall–Kier alpha value is -1.14. The zero-order chi connectivity index (χ0) is 34.0. The van der Waals surface area contributed by atoms with E-state index in [4.69, 9.17) is 0 Å². The van der Waals surface area contributed by atoms with Crippen molar-refractivity contribution >= 4 is 43.2 Å². The molecule has 2 atom stereocenters. The van der Waals surface area contributed by atoms with Gasteiger partial charge in [-0.25, -0.2) is 0 Å². The molecule has 2 N–H and O–H groups in total. The average molecular weight is 781 g/mol. The standard InChI is InChI=1S/C41H70Br2N4/c1-5-36(6-2)24-30-44-38-26-32-46(33-27-38)40(42)22-20-18-16-14-12-10-9-11-13-15-17-19-21-23-41(43)47-34-28-39(29-35-47)45-31-25-37(7-3)8-4/h26-29,32-37,40-41H,5-25,30-31H2,1-4H3/p+2. The van der Waals surface area contributed by atoms with Gasteiger partial charge in [-0.1, -0.05) is 124 Å². The van der Waals surface area contributed by atoms with E-state index in [2.05, 4.69) is 128 Å². The molecule has 4 nitrogen and oxygen atoms in total. The first-order valence-corrected chi connectivity index (χ1v) is 21.6. The lowest BCUT2D eigenvalue weighted by atomic mass is 10.00. The molecule has 2 rings (SSSR count). The third-order valence-electron chi connectivity index (χ3n) is 10.3. The van der Waals surface area contributed by atoms with Crippen LogP contribution in [0.15, 0.2) is 49.1 Å². The van der Waals surface area contributed by atoms with E-state index < -0.39 is 0 Å². The minimum atomic E-state index is 0.398. The summed E-state index contributed by atoms with van der Waals surface area (Å²) in [6.07, 6.45) is 36.9. The average Bonchev–Trinajstić information content (AvgIpc) is 3.10. The molecule has 2 unspecified atom stereocenters. The second-order valence-corrected chi connectivity index (χ2v) is 16.0. The number of halogens is 2. The van der Waals surface area contributed by atoms with Gasteiger partial charge < -0.3 is 10.6 Å². The van der Waals surface area contributed by atoms with Crippen molar-refractivity contribution in [2.45, 2.75) is 172 Å². The van der Waals surface area contributed by atoms with Gasteiger partial charge >= 0.3 is 0 Å². The van der Waals surface area contributed by atoms with Crippen molar-refractivity contribution in [2.24, 2.45) is 11.8 Å². The summed E-state index contributed by atoms with van der Waals surface area (Å²) < 4.78 is 4.61. The summed E-state index contributed by atoms with van der Waals surface area (Å²) in [6, 6.07) is 8.87. The topological polar surface area (TPSA) is 31.8 Å². The number of anilines is 2. The summed E-state index contributed by atoms with van der Waals surface area (Å²) in [5, 5.41) is 7.18. The van der Waals surface area contributed by atoms with Crippen LogP contribution in [0.3, 0.4) is 0 Å². The Balaban J connectivity index is 1.38. The van der Waals surface area contributed by atoms with Gasteiger partial charge in [-0.3, -0.25) is 0 Å². The van der Waals surface area contributed by atoms with Crippen LogP contribution in [-0.2, 0) is 0 Å². The first-order chi connectivity index (χ1) is 23.0. The monoisotopic (exact) mass is 778 g/mol. The quantitative estimate of drug-likeness (QED) is 0.0470. The molecule has 0 bridgehead atoms. The van der Waals surface area contributed by atoms with Gasteiger partial charge in [0.1, 0.15) is 0 Å². The molecule has 2 aromatic heterocycles. The number of aromatic nitrogens is 2. The highest BCUT2D eigenvalue weighted by Gasteiger charge is 2.15. The molecule has 0 fully saturated rings. The lowest BCUT2D eigenvalue weighted by Crippen LogP contribution is -2.35. The fourth-order valence-corrected chi connectivity index (χ4v) is 7.78. The summed E-state index contributed by atoms with van der Waals surface area (Å²) in [5.41, 5.74) is 2.47. The van der Waals surface area contributed by atoms with Gasteiger partial charge in [0.2, 0.25) is 9.90 Å². The maximum atomic E-state index is 3.91. The number of hydrogen-bond donors (Lipinski definition) is 2. The number of alkyl halides is 2. The van der Waals surface area contributed by atoms with Crippen LogP contribution in [-0.4, -0.2) is 13.1 Å². The van der Waals surface area contributed by atoms with E-state index in [-0.39, 0.29) is 0 Å². The number of nitrogens with zero attached hydrogens (tertiary/aromatic N) is 2. The summed E-state index contributed by atoms with van der Waals surface area (Å²) in [7, 11) is 0. The summed E-state index contributed by atoms with van der Waals surface area (Å²) in [6.45, 7) is 11.3. The molecule has 0 aliphatic heterocycles. The van der Waals surface area contributed by atoms with Gasteiger partial charge in [0.15, 0.2) is 24.8 Å². The fourth-order valence-electron chi connectivity index (χ4n) is 6.59. The molecule has 0 spiro atoms. The Morgan fingerprint density at radius 3 is 1.00 bits per heavy atom. The van der Waals surface area contributed by atoms with Crippen LogP contribution in [0.25, 0.3) is 0 Å². The Morgan fingerprint density at radius 1 is 0.447 bits per heavy atom. The van der Waals surface area contributed by atoms with E-state index in [9.17, 15) is 0 Å². The van der Waals surface area contributed by atoms with E-state index in [1.165, 1.54) is 146 Å². The lowest BCUT2D eigenvalue weighted by Gasteiger charge is -2.13. The van der Waals surface area contributed by atoms with Gasteiger partial charge in [-0.15, -0.1) is 0 Å². The summed E-state index contributed by atoms with van der Waals surface area (Å²) in [4.78, 5) is 0.796. The van der Waals surface area contributed by atoms with Crippen molar-refractivity contribution in [1.82, 2.24) is 0 Å². The molecule has 2 heterocycles. The Kier molecular flexibility index (Phi) is 24.7. The Morgan fingerprint density at radius 2 is 0.723 bits per heavy atom. The second-order valence-electron chi connectivity index (χ2n) is 13.9. The number of pyridine rings is 2. The number of unbranched alkanes of at least 4 members (excludes halogenated alkanes) is 12. The van der Waals surface area contributed by atoms with Crippen LogP contribution >= 0.6 is 31.9 Å². The third kappa shape index (κ3) is 19.6. The largest absolute Gasteiger partial charge is 0.385 e. The summed E-state index contributed by atoms with van der Waals surface area (Å²) in [5.74, 6) is 1.69. The maximum absolute atomic E-state index is 3.91. The Bertz CT molecular complexity index is 896. The van der Waals surface area contributed by atoms with Gasteiger partial charge in [0, 0.05) is 61.6 Å². The SMILES string of the molecule is CCC(CC)CCNc1cc[n+](C(Br)CCCCCCCCCCCCCCCC(Br)[n+]2ccc(NCCC(CC)CC)cc2)cc1. The summed E-state index contributed by atoms with van der Waals surface area (Å²) >= 11 is 7.81. The normalized spacial score (nSPS) is 12.9. The van der Waals surface area contributed by atoms with Crippen molar-refractivity contribution in [3.8, 4) is 0 Å². The lowest BCUT2D eigenvalue weighted by molar-refractivity contribution is -0.698. The van der Waals surface area contributed by atoms with Gasteiger partial charge in [-0.2, -0.15) is 9.13 Å². The van der Waals surface area contributed by atoms with Crippen molar-refractivity contribution in [1.29, 1.82) is 0 Å². The highest BCUT2D eigenvalue weighted by atomic mass is 79.9. The van der Waals surface area contributed by atoms with Gasteiger partial charge in [-0.05, 0) is 69.4 Å². The first-order valence-electron chi connectivity index (χ1n) is 19.8. The fraction of sp³-hybridized carbons (Fsp3) is 0.756. The minimum Gasteiger partial charge on any atom is -0.385 e. The minimum absolute atomic E-state index is 0.398. The molecule has 0 amide bonds. The molecule has 0 aliphatic rings. The van der Waals surface area contributed by atoms with Crippen LogP contribution in [0.4, 0.5) is 11.4 Å². The van der Waals surface area contributed by atoms with Gasteiger partial charge in [0.25, 0.3) is 0 Å². The van der Waals surface area contributed by atoms with Gasteiger partial charge in [0.05, 0.1) is 0 Å². The second kappa shape index (κ2) is 27.7. The van der Waals surface area contributed by atoms with E-state index >= 15 is 0 Å². The van der Waals surface area contributed by atoms with E-state index in [0.29, 0.717) is 9.90 Å². The smallest absolute Gasteiger partial charge is 0.211 e. The predicted octanol–water partition coefficient (Wildman–Crippen LogP) is 13.1. The van der Waals surface area contributed by atoms with Crippen LogP contribution in [0.2, 0.25) is 0 Å². The highest BCUT2D eigenvalue weighted by molar-refractivity contribution is 9.09. The molecular weight excluding hydrogens is 708 g/mol. The third-order valence-corrected chi connectivity index (χ3v) is 12.2. The van der Waals surface area contributed by atoms with Crippen molar-refractivity contribution in [3.63, 3.8) is 0 Å². The van der Waals surface area contributed by atoms with Crippen molar-refractivity contribution in [3.05, 3.63) is 49.1 Å². The van der Waals surface area contributed by atoms with Crippen LogP contribution in [0.5, 0.6) is 0 Å². The number of hydrogen-bond acceptors (Lipinski definition) is 2. The van der Waals surface area contributed by atoms with Crippen LogP contribution in [0.1, 0.15) is 172 Å².